The summed E-state index contributed by atoms with van der Waals surface area (Å²) in [4.78, 5) is 33.4. The van der Waals surface area contributed by atoms with Crippen molar-refractivity contribution in [3.63, 3.8) is 0 Å². The van der Waals surface area contributed by atoms with Gasteiger partial charge in [-0.05, 0) is 29.7 Å². The molecule has 0 aliphatic carbocycles. The van der Waals surface area contributed by atoms with Crippen LogP contribution in [0.1, 0.15) is 36.1 Å². The minimum atomic E-state index is -0.286. The van der Waals surface area contributed by atoms with Gasteiger partial charge in [-0.15, -0.1) is 0 Å². The van der Waals surface area contributed by atoms with Crippen molar-refractivity contribution in [3.8, 4) is 0 Å². The fraction of sp³-hybridized carbons (Fsp3) is 0.400. The number of amides is 2. The van der Waals surface area contributed by atoms with Crippen LogP contribution < -0.4 is 0 Å². The number of ether oxygens (including phenoxy) is 1. The summed E-state index contributed by atoms with van der Waals surface area (Å²) < 4.78 is 11.0. The Balaban J connectivity index is 1.53. The smallest absolute Gasteiger partial charge is 0.242 e. The summed E-state index contributed by atoms with van der Waals surface area (Å²) in [6.45, 7) is 7.12. The van der Waals surface area contributed by atoms with Gasteiger partial charge in [0.1, 0.15) is 5.76 Å². The van der Waals surface area contributed by atoms with E-state index in [4.69, 9.17) is 9.15 Å². The Morgan fingerprint density at radius 2 is 1.59 bits per heavy atom. The average Bonchev–Trinajstić information content (AvgIpc) is 3.46. The lowest BCUT2D eigenvalue weighted by Gasteiger charge is -2.33. The zero-order chi connectivity index (χ0) is 25.9. The van der Waals surface area contributed by atoms with Gasteiger partial charge in [0.05, 0.1) is 38.5 Å². The van der Waals surface area contributed by atoms with Crippen LogP contribution in [-0.4, -0.2) is 72.5 Å². The Morgan fingerprint density at radius 3 is 2.24 bits per heavy atom. The molecule has 7 heteroatoms. The van der Waals surface area contributed by atoms with Crippen molar-refractivity contribution in [2.24, 2.45) is 0 Å². The van der Waals surface area contributed by atoms with Crippen LogP contribution in [0.2, 0.25) is 0 Å². The number of rotatable bonds is 12. The maximum absolute atomic E-state index is 13.9. The van der Waals surface area contributed by atoms with E-state index in [9.17, 15) is 9.59 Å². The molecule has 1 aromatic heterocycles. The molecule has 0 N–H and O–H groups in total. The van der Waals surface area contributed by atoms with Gasteiger partial charge >= 0.3 is 0 Å². The summed E-state index contributed by atoms with van der Waals surface area (Å²) in [5, 5.41) is 0. The number of nitrogens with zero attached hydrogens (tertiary/aromatic N) is 3. The highest BCUT2D eigenvalue weighted by Gasteiger charge is 2.28. The van der Waals surface area contributed by atoms with Gasteiger partial charge in [0, 0.05) is 32.7 Å². The molecular weight excluding hydrogens is 466 g/mol. The van der Waals surface area contributed by atoms with E-state index in [1.807, 2.05) is 79.7 Å². The summed E-state index contributed by atoms with van der Waals surface area (Å²) >= 11 is 0. The first-order chi connectivity index (χ1) is 18.1. The molecule has 7 nitrogen and oxygen atoms in total. The van der Waals surface area contributed by atoms with E-state index in [1.165, 1.54) is 0 Å². The first-order valence-corrected chi connectivity index (χ1v) is 13.1. The van der Waals surface area contributed by atoms with Gasteiger partial charge in [0.2, 0.25) is 11.8 Å². The Kier molecular flexibility index (Phi) is 9.91. The van der Waals surface area contributed by atoms with E-state index >= 15 is 0 Å². The number of benzene rings is 2. The molecule has 37 heavy (non-hydrogen) atoms. The summed E-state index contributed by atoms with van der Waals surface area (Å²) in [6.07, 6.45) is 2.29. The Labute approximate surface area is 219 Å². The monoisotopic (exact) mass is 503 g/mol. The molecular formula is C30H37N3O4. The normalized spacial score (nSPS) is 14.7. The molecule has 3 aromatic rings. The number of carbonyl (C=O) groups is 2. The molecule has 1 fully saturated rings. The van der Waals surface area contributed by atoms with Gasteiger partial charge in [-0.25, -0.2) is 0 Å². The van der Waals surface area contributed by atoms with Crippen molar-refractivity contribution >= 4 is 11.8 Å². The first kappa shape index (κ1) is 26.6. The predicted octanol–water partition coefficient (Wildman–Crippen LogP) is 4.16. The minimum absolute atomic E-state index is 0.00651. The molecule has 1 unspecified atom stereocenters. The minimum Gasteiger partial charge on any atom is -0.467 e. The second-order valence-corrected chi connectivity index (χ2v) is 9.40. The molecule has 1 saturated heterocycles. The quantitative estimate of drug-likeness (QED) is 0.371. The van der Waals surface area contributed by atoms with Gasteiger partial charge in [0.25, 0.3) is 0 Å². The lowest BCUT2D eigenvalue weighted by Crippen LogP contribution is -2.48. The Hall–Kier alpha value is -3.42. The van der Waals surface area contributed by atoms with E-state index in [-0.39, 0.29) is 24.3 Å². The van der Waals surface area contributed by atoms with Crippen LogP contribution >= 0.6 is 0 Å². The second kappa shape index (κ2) is 13.8. The number of hydrogen-bond acceptors (Lipinski definition) is 5. The van der Waals surface area contributed by atoms with E-state index in [0.717, 1.165) is 24.2 Å². The molecule has 4 rings (SSSR count). The Morgan fingerprint density at radius 1 is 0.892 bits per heavy atom. The van der Waals surface area contributed by atoms with Crippen LogP contribution in [0.15, 0.2) is 83.5 Å². The van der Waals surface area contributed by atoms with E-state index in [1.54, 1.807) is 16.1 Å². The van der Waals surface area contributed by atoms with Crippen LogP contribution in [0.3, 0.4) is 0 Å². The zero-order valence-corrected chi connectivity index (χ0v) is 21.6. The maximum atomic E-state index is 13.9. The standard InChI is InChI=1S/C30H37N3O4/c1-2-28(26-12-7-4-8-13-26)30(35)32(16-15-31-17-20-36-21-18-31)24-29(34)33(23-27-14-9-19-37-27)22-25-10-5-3-6-11-25/h3-14,19,28H,2,15-18,20-24H2,1H3. The summed E-state index contributed by atoms with van der Waals surface area (Å²) in [7, 11) is 0. The average molecular weight is 504 g/mol. The first-order valence-electron chi connectivity index (χ1n) is 13.1. The Bertz CT molecular complexity index is 1080. The molecule has 0 saturated carbocycles. The molecule has 1 atom stereocenters. The van der Waals surface area contributed by atoms with Crippen molar-refractivity contribution in [2.45, 2.75) is 32.4 Å². The third-order valence-corrected chi connectivity index (χ3v) is 6.83. The third-order valence-electron chi connectivity index (χ3n) is 6.83. The summed E-state index contributed by atoms with van der Waals surface area (Å²) in [5.41, 5.74) is 2.01. The molecule has 196 valence electrons. The van der Waals surface area contributed by atoms with Crippen molar-refractivity contribution < 1.29 is 18.7 Å². The lowest BCUT2D eigenvalue weighted by atomic mass is 9.95. The third kappa shape index (κ3) is 7.78. The van der Waals surface area contributed by atoms with Crippen LogP contribution in [0, 0.1) is 0 Å². The van der Waals surface area contributed by atoms with Crippen LogP contribution in [0.5, 0.6) is 0 Å². The SMILES string of the molecule is CCC(C(=O)N(CCN1CCOCC1)CC(=O)N(Cc1ccccc1)Cc1ccco1)c1ccccc1. The highest BCUT2D eigenvalue weighted by molar-refractivity contribution is 5.88. The van der Waals surface area contributed by atoms with E-state index < -0.39 is 0 Å². The van der Waals surface area contributed by atoms with Gasteiger partial charge in [-0.1, -0.05) is 67.6 Å². The fourth-order valence-electron chi connectivity index (χ4n) is 4.70. The predicted molar refractivity (Wildman–Crippen MR) is 143 cm³/mol. The molecule has 0 spiro atoms. The van der Waals surface area contributed by atoms with Gasteiger partial charge in [-0.3, -0.25) is 14.5 Å². The van der Waals surface area contributed by atoms with Crippen molar-refractivity contribution in [2.75, 3.05) is 45.9 Å². The van der Waals surface area contributed by atoms with Gasteiger partial charge in [-0.2, -0.15) is 0 Å². The van der Waals surface area contributed by atoms with Crippen molar-refractivity contribution in [1.29, 1.82) is 0 Å². The zero-order valence-electron chi connectivity index (χ0n) is 21.6. The summed E-state index contributed by atoms with van der Waals surface area (Å²) in [5.74, 6) is 0.323. The molecule has 2 amide bonds. The van der Waals surface area contributed by atoms with Crippen LogP contribution in [0.25, 0.3) is 0 Å². The maximum Gasteiger partial charge on any atom is 0.242 e. The van der Waals surface area contributed by atoms with Crippen molar-refractivity contribution in [1.82, 2.24) is 14.7 Å². The van der Waals surface area contributed by atoms with Crippen LogP contribution in [0.4, 0.5) is 0 Å². The molecule has 0 bridgehead atoms. The fourth-order valence-corrected chi connectivity index (χ4v) is 4.70. The number of hydrogen-bond donors (Lipinski definition) is 0. The van der Waals surface area contributed by atoms with Gasteiger partial charge in [0.15, 0.2) is 0 Å². The number of furan rings is 1. The lowest BCUT2D eigenvalue weighted by molar-refractivity contribution is -0.142. The molecule has 2 aromatic carbocycles. The second-order valence-electron chi connectivity index (χ2n) is 9.40. The molecule has 2 heterocycles. The highest BCUT2D eigenvalue weighted by Crippen LogP contribution is 2.22. The highest BCUT2D eigenvalue weighted by atomic mass is 16.5. The topological polar surface area (TPSA) is 66.2 Å². The molecule has 1 aliphatic rings. The summed E-state index contributed by atoms with van der Waals surface area (Å²) in [6, 6.07) is 23.5. The van der Waals surface area contributed by atoms with E-state index in [2.05, 4.69) is 4.90 Å². The molecule has 0 radical (unpaired) electrons. The largest absolute Gasteiger partial charge is 0.467 e. The van der Waals surface area contributed by atoms with Gasteiger partial charge < -0.3 is 19.0 Å². The molecule has 1 aliphatic heterocycles. The number of morpholine rings is 1. The van der Waals surface area contributed by atoms with Crippen molar-refractivity contribution in [3.05, 3.63) is 95.9 Å². The number of carbonyl (C=O) groups excluding carboxylic acids is 2. The van der Waals surface area contributed by atoms with Crippen LogP contribution in [-0.2, 0) is 27.4 Å². The van der Waals surface area contributed by atoms with E-state index in [0.29, 0.717) is 51.6 Å².